The summed E-state index contributed by atoms with van der Waals surface area (Å²) in [6.07, 6.45) is 4.30. The van der Waals surface area contributed by atoms with Crippen LogP contribution in [0.2, 0.25) is 0 Å². The van der Waals surface area contributed by atoms with E-state index in [1.807, 2.05) is 0 Å². The standard InChI is InChI=1S/C12H25O4/c1-2-3-7-15-8-5-4-6-9-16-11-12(14)10-13/h12-14H,1-11H2. The Morgan fingerprint density at radius 2 is 1.56 bits per heavy atom. The van der Waals surface area contributed by atoms with Crippen LogP contribution in [0.3, 0.4) is 0 Å². The van der Waals surface area contributed by atoms with E-state index in [1.54, 1.807) is 0 Å². The highest BCUT2D eigenvalue weighted by Gasteiger charge is 2.00. The van der Waals surface area contributed by atoms with Crippen molar-refractivity contribution < 1.29 is 19.7 Å². The maximum Gasteiger partial charge on any atom is 0.100 e. The largest absolute Gasteiger partial charge is 0.394 e. The molecule has 1 radical (unpaired) electrons. The van der Waals surface area contributed by atoms with Crippen molar-refractivity contribution in [1.29, 1.82) is 0 Å². The fourth-order valence-corrected chi connectivity index (χ4v) is 1.16. The van der Waals surface area contributed by atoms with E-state index < -0.39 is 6.10 Å². The minimum atomic E-state index is -0.744. The lowest BCUT2D eigenvalue weighted by molar-refractivity contribution is 0.00488. The molecule has 0 amide bonds. The third kappa shape index (κ3) is 11.9. The van der Waals surface area contributed by atoms with Gasteiger partial charge in [-0.25, -0.2) is 0 Å². The van der Waals surface area contributed by atoms with E-state index in [1.165, 1.54) is 0 Å². The molecule has 0 aromatic rings. The first-order chi connectivity index (χ1) is 7.81. The van der Waals surface area contributed by atoms with E-state index in [0.717, 1.165) is 45.3 Å². The highest BCUT2D eigenvalue weighted by Crippen LogP contribution is 1.98. The zero-order chi connectivity index (χ0) is 12.1. The lowest BCUT2D eigenvalue weighted by atomic mass is 10.2. The summed E-state index contributed by atoms with van der Waals surface area (Å²) in [5.41, 5.74) is 0. The van der Waals surface area contributed by atoms with Crippen molar-refractivity contribution in [1.82, 2.24) is 0 Å². The van der Waals surface area contributed by atoms with Crippen molar-refractivity contribution in [2.24, 2.45) is 0 Å². The Hall–Kier alpha value is -0.160. The predicted octanol–water partition coefficient (Wildman–Crippen LogP) is 1.16. The molecule has 0 aliphatic carbocycles. The van der Waals surface area contributed by atoms with Crippen molar-refractivity contribution >= 4 is 0 Å². The summed E-state index contributed by atoms with van der Waals surface area (Å²) in [5.74, 6) is 0. The molecule has 0 rings (SSSR count). The van der Waals surface area contributed by atoms with Gasteiger partial charge in [0.25, 0.3) is 0 Å². The first-order valence-electron chi connectivity index (χ1n) is 6.05. The molecule has 0 heterocycles. The predicted molar refractivity (Wildman–Crippen MR) is 63.2 cm³/mol. The quantitative estimate of drug-likeness (QED) is 0.497. The average Bonchev–Trinajstić information content (AvgIpc) is 2.31. The van der Waals surface area contributed by atoms with Gasteiger partial charge >= 0.3 is 0 Å². The molecule has 0 saturated carbocycles. The highest BCUT2D eigenvalue weighted by molar-refractivity contribution is 4.49. The molecule has 1 atom stereocenters. The summed E-state index contributed by atoms with van der Waals surface area (Å²) in [5, 5.41) is 17.5. The maximum atomic E-state index is 8.98. The lowest BCUT2D eigenvalue weighted by Crippen LogP contribution is -2.19. The van der Waals surface area contributed by atoms with Gasteiger partial charge in [-0.2, -0.15) is 0 Å². The molecular weight excluding hydrogens is 208 g/mol. The van der Waals surface area contributed by atoms with Crippen LogP contribution in [-0.4, -0.2) is 49.4 Å². The molecule has 0 aliphatic rings. The Bertz CT molecular complexity index is 130. The zero-order valence-corrected chi connectivity index (χ0v) is 10.1. The van der Waals surface area contributed by atoms with Crippen molar-refractivity contribution in [2.45, 2.75) is 38.2 Å². The van der Waals surface area contributed by atoms with Crippen molar-refractivity contribution in [3.05, 3.63) is 6.92 Å². The number of aliphatic hydroxyl groups excluding tert-OH is 2. The van der Waals surface area contributed by atoms with Crippen LogP contribution in [0.4, 0.5) is 0 Å². The molecule has 2 N–H and O–H groups in total. The molecule has 4 nitrogen and oxygen atoms in total. The molecule has 0 aliphatic heterocycles. The van der Waals surface area contributed by atoms with E-state index in [4.69, 9.17) is 19.7 Å². The van der Waals surface area contributed by atoms with Crippen LogP contribution in [0.25, 0.3) is 0 Å². The van der Waals surface area contributed by atoms with Gasteiger partial charge in [0, 0.05) is 19.8 Å². The molecule has 4 heteroatoms. The second kappa shape index (κ2) is 12.9. The van der Waals surface area contributed by atoms with E-state index in [9.17, 15) is 0 Å². The van der Waals surface area contributed by atoms with E-state index in [-0.39, 0.29) is 13.2 Å². The van der Waals surface area contributed by atoms with Crippen LogP contribution in [0.1, 0.15) is 32.1 Å². The first-order valence-corrected chi connectivity index (χ1v) is 6.05. The Morgan fingerprint density at radius 3 is 2.19 bits per heavy atom. The molecule has 0 spiro atoms. The SMILES string of the molecule is [CH2]CCCOCCCCCOCC(O)CO. The van der Waals surface area contributed by atoms with E-state index in [2.05, 4.69) is 6.92 Å². The normalized spacial score (nSPS) is 12.9. The fraction of sp³-hybridized carbons (Fsp3) is 0.917. The summed E-state index contributed by atoms with van der Waals surface area (Å²) >= 11 is 0. The van der Waals surface area contributed by atoms with Gasteiger partial charge in [0.2, 0.25) is 0 Å². The topological polar surface area (TPSA) is 58.9 Å². The molecule has 97 valence electrons. The number of rotatable bonds is 12. The summed E-state index contributed by atoms with van der Waals surface area (Å²) < 4.78 is 10.6. The molecule has 16 heavy (non-hydrogen) atoms. The van der Waals surface area contributed by atoms with Gasteiger partial charge in [0.15, 0.2) is 0 Å². The maximum absolute atomic E-state index is 8.98. The van der Waals surface area contributed by atoms with Crippen molar-refractivity contribution in [2.75, 3.05) is 33.0 Å². The molecular formula is C12H25O4. The minimum absolute atomic E-state index is 0.219. The monoisotopic (exact) mass is 233 g/mol. The second-order valence-corrected chi connectivity index (χ2v) is 3.79. The molecule has 1 unspecified atom stereocenters. The van der Waals surface area contributed by atoms with Crippen LogP contribution in [-0.2, 0) is 9.47 Å². The molecule has 0 fully saturated rings. The summed E-state index contributed by atoms with van der Waals surface area (Å²) in [6.45, 7) is 5.97. The van der Waals surface area contributed by atoms with Gasteiger partial charge in [-0.15, -0.1) is 0 Å². The van der Waals surface area contributed by atoms with Crippen molar-refractivity contribution in [3.8, 4) is 0 Å². The zero-order valence-electron chi connectivity index (χ0n) is 10.1. The van der Waals surface area contributed by atoms with Gasteiger partial charge in [0.05, 0.1) is 13.2 Å². The van der Waals surface area contributed by atoms with Gasteiger partial charge in [-0.1, -0.05) is 13.3 Å². The van der Waals surface area contributed by atoms with Crippen LogP contribution in [0, 0.1) is 6.92 Å². The lowest BCUT2D eigenvalue weighted by Gasteiger charge is -2.08. The molecule has 0 aromatic carbocycles. The summed E-state index contributed by atoms with van der Waals surface area (Å²) in [4.78, 5) is 0. The third-order valence-corrected chi connectivity index (χ3v) is 2.14. The number of unbranched alkanes of at least 4 members (excludes halogenated alkanes) is 3. The second-order valence-electron chi connectivity index (χ2n) is 3.79. The Labute approximate surface area is 98.6 Å². The van der Waals surface area contributed by atoms with Crippen LogP contribution in [0.15, 0.2) is 0 Å². The number of hydrogen-bond acceptors (Lipinski definition) is 4. The number of hydrogen-bond donors (Lipinski definition) is 2. The Morgan fingerprint density at radius 1 is 0.938 bits per heavy atom. The third-order valence-electron chi connectivity index (χ3n) is 2.14. The van der Waals surface area contributed by atoms with Crippen LogP contribution in [0.5, 0.6) is 0 Å². The summed E-state index contributed by atoms with van der Waals surface area (Å²) in [6, 6.07) is 0. The Balaban J connectivity index is 2.93. The minimum Gasteiger partial charge on any atom is -0.394 e. The van der Waals surface area contributed by atoms with E-state index >= 15 is 0 Å². The highest BCUT2D eigenvalue weighted by atomic mass is 16.5. The van der Waals surface area contributed by atoms with Crippen molar-refractivity contribution in [3.63, 3.8) is 0 Å². The van der Waals surface area contributed by atoms with Gasteiger partial charge in [0.1, 0.15) is 6.10 Å². The molecule has 0 saturated heterocycles. The number of aliphatic hydroxyl groups is 2. The average molecular weight is 233 g/mol. The smallest absolute Gasteiger partial charge is 0.100 e. The van der Waals surface area contributed by atoms with Gasteiger partial charge < -0.3 is 19.7 Å². The van der Waals surface area contributed by atoms with Gasteiger partial charge in [-0.3, -0.25) is 0 Å². The van der Waals surface area contributed by atoms with Crippen LogP contribution < -0.4 is 0 Å². The van der Waals surface area contributed by atoms with E-state index in [0.29, 0.717) is 6.61 Å². The molecule has 0 bridgehead atoms. The summed E-state index contributed by atoms with van der Waals surface area (Å²) in [7, 11) is 0. The number of ether oxygens (including phenoxy) is 2. The van der Waals surface area contributed by atoms with Crippen LogP contribution >= 0.6 is 0 Å². The van der Waals surface area contributed by atoms with Gasteiger partial charge in [-0.05, 0) is 25.7 Å². The fourth-order valence-electron chi connectivity index (χ4n) is 1.16. The first kappa shape index (κ1) is 15.8. The Kier molecular flexibility index (Phi) is 12.8. The molecule has 0 aromatic heterocycles.